The molecule has 0 fully saturated rings. The minimum atomic E-state index is -0.557. The van der Waals surface area contributed by atoms with Crippen molar-refractivity contribution in [3.05, 3.63) is 68.7 Å². The number of benzene rings is 2. The maximum Gasteiger partial charge on any atom is 0.142 e. The van der Waals surface area contributed by atoms with Crippen LogP contribution in [-0.2, 0) is 12.8 Å². The molecule has 0 atom stereocenters. The summed E-state index contributed by atoms with van der Waals surface area (Å²) in [6, 6.07) is 4.42. The van der Waals surface area contributed by atoms with E-state index in [9.17, 15) is 17.6 Å². The first kappa shape index (κ1) is 21.8. The van der Waals surface area contributed by atoms with Gasteiger partial charge in [-0.15, -0.1) is 0 Å². The lowest BCUT2D eigenvalue weighted by molar-refractivity contribution is 0.525. The summed E-state index contributed by atoms with van der Waals surface area (Å²) in [6.07, 6.45) is 1.62. The quantitative estimate of drug-likeness (QED) is 0.374. The van der Waals surface area contributed by atoms with Crippen molar-refractivity contribution >= 4 is 23.2 Å². The number of halogens is 6. The van der Waals surface area contributed by atoms with Gasteiger partial charge in [-0.3, -0.25) is 0 Å². The van der Waals surface area contributed by atoms with Crippen molar-refractivity contribution in [2.75, 3.05) is 0 Å². The number of hydrogen-bond donors (Lipinski definition) is 0. The fraction of sp³-hybridized carbons (Fsp3) is 0.368. The Balaban J connectivity index is 0.000000251. The Hall–Kier alpha value is -1.26. The van der Waals surface area contributed by atoms with Crippen molar-refractivity contribution in [1.29, 1.82) is 0 Å². The van der Waals surface area contributed by atoms with Crippen LogP contribution in [0, 0.1) is 29.2 Å². The highest BCUT2D eigenvalue weighted by Crippen LogP contribution is 2.24. The van der Waals surface area contributed by atoms with E-state index in [1.165, 1.54) is 0 Å². The van der Waals surface area contributed by atoms with E-state index < -0.39 is 23.3 Å². The lowest BCUT2D eigenvalue weighted by Gasteiger charge is -2.07. The Bertz CT molecular complexity index is 692. The van der Waals surface area contributed by atoms with Crippen LogP contribution in [0.25, 0.3) is 0 Å². The predicted octanol–water partition coefficient (Wildman–Crippen LogP) is 7.39. The lowest BCUT2D eigenvalue weighted by Crippen LogP contribution is -2.01. The zero-order valence-corrected chi connectivity index (χ0v) is 15.8. The third kappa shape index (κ3) is 6.52. The Kier molecular flexibility index (Phi) is 8.74. The summed E-state index contributed by atoms with van der Waals surface area (Å²) in [6.45, 7) is 5.71. The zero-order chi connectivity index (χ0) is 19.1. The van der Waals surface area contributed by atoms with E-state index in [-0.39, 0.29) is 27.1 Å². The zero-order valence-electron chi connectivity index (χ0n) is 14.3. The first-order valence-electron chi connectivity index (χ1n) is 7.93. The van der Waals surface area contributed by atoms with Gasteiger partial charge < -0.3 is 0 Å². The number of rotatable bonds is 4. The van der Waals surface area contributed by atoms with Crippen molar-refractivity contribution < 1.29 is 17.6 Å². The molecule has 0 unspecified atom stereocenters. The molecule has 2 aromatic carbocycles. The molecule has 0 nitrogen and oxygen atoms in total. The molecule has 2 aromatic rings. The highest BCUT2D eigenvalue weighted by atomic mass is 35.5. The second-order valence-electron chi connectivity index (χ2n) is 6.02. The maximum atomic E-state index is 13.1. The summed E-state index contributed by atoms with van der Waals surface area (Å²) in [5.74, 6) is -1.87. The van der Waals surface area contributed by atoms with Gasteiger partial charge in [0, 0.05) is 16.1 Å². The van der Waals surface area contributed by atoms with Gasteiger partial charge in [0.1, 0.15) is 23.3 Å². The van der Waals surface area contributed by atoms with Crippen molar-refractivity contribution in [1.82, 2.24) is 0 Å². The van der Waals surface area contributed by atoms with E-state index >= 15 is 0 Å². The third-order valence-electron chi connectivity index (χ3n) is 3.36. The van der Waals surface area contributed by atoms with Crippen LogP contribution < -0.4 is 0 Å². The monoisotopic (exact) mass is 394 g/mol. The summed E-state index contributed by atoms with van der Waals surface area (Å²) in [5.41, 5.74) is 0.401. The van der Waals surface area contributed by atoms with Crippen LogP contribution in [0.1, 0.15) is 38.3 Å². The fourth-order valence-electron chi connectivity index (χ4n) is 2.22. The molecule has 0 aromatic heterocycles. The number of hydrogen-bond acceptors (Lipinski definition) is 0. The van der Waals surface area contributed by atoms with Crippen LogP contribution in [-0.4, -0.2) is 0 Å². The molecule has 138 valence electrons. The summed E-state index contributed by atoms with van der Waals surface area (Å²) in [7, 11) is 0. The summed E-state index contributed by atoms with van der Waals surface area (Å²) in [4.78, 5) is 0. The molecule has 6 heteroatoms. The molecular formula is C19H20Cl2F4. The molecule has 25 heavy (non-hydrogen) atoms. The summed E-state index contributed by atoms with van der Waals surface area (Å²) < 4.78 is 52.0. The normalized spacial score (nSPS) is 10.6. The predicted molar refractivity (Wildman–Crippen MR) is 95.3 cm³/mol. The summed E-state index contributed by atoms with van der Waals surface area (Å²) in [5, 5.41) is 0.0133. The van der Waals surface area contributed by atoms with Crippen LogP contribution in [0.4, 0.5) is 17.6 Å². The van der Waals surface area contributed by atoms with Gasteiger partial charge in [0.25, 0.3) is 0 Å². The molecule has 0 radical (unpaired) electrons. The largest absolute Gasteiger partial charge is 0.207 e. The Morgan fingerprint density at radius 1 is 0.840 bits per heavy atom. The highest BCUT2D eigenvalue weighted by molar-refractivity contribution is 6.31. The topological polar surface area (TPSA) is 0 Å². The molecule has 0 bridgehead atoms. The van der Waals surface area contributed by atoms with Gasteiger partial charge in [-0.05, 0) is 43.0 Å². The molecular weight excluding hydrogens is 375 g/mol. The molecule has 0 aliphatic heterocycles. The van der Waals surface area contributed by atoms with Gasteiger partial charge in [-0.1, -0.05) is 50.4 Å². The SMILES string of the molecule is CC(C)Cc1c(F)cc(Cl)cc1F.CCCc1c(F)ccc(F)c1Cl. The Labute approximate surface area is 155 Å². The van der Waals surface area contributed by atoms with Gasteiger partial charge in [0.2, 0.25) is 0 Å². The average molecular weight is 395 g/mol. The fourth-order valence-corrected chi connectivity index (χ4v) is 2.66. The van der Waals surface area contributed by atoms with Crippen molar-refractivity contribution in [3.8, 4) is 0 Å². The van der Waals surface area contributed by atoms with Crippen LogP contribution in [0.2, 0.25) is 10.0 Å². The van der Waals surface area contributed by atoms with Crippen LogP contribution >= 0.6 is 23.2 Å². The van der Waals surface area contributed by atoms with Gasteiger partial charge >= 0.3 is 0 Å². The Morgan fingerprint density at radius 2 is 1.36 bits per heavy atom. The molecule has 2 rings (SSSR count). The van der Waals surface area contributed by atoms with E-state index in [2.05, 4.69) is 0 Å². The minimum absolute atomic E-state index is 0.0862. The molecule has 0 heterocycles. The maximum absolute atomic E-state index is 13.1. The second kappa shape index (κ2) is 10.0. The lowest BCUT2D eigenvalue weighted by atomic mass is 10.0. The third-order valence-corrected chi connectivity index (χ3v) is 3.98. The van der Waals surface area contributed by atoms with Crippen LogP contribution in [0.3, 0.4) is 0 Å². The molecule has 0 saturated carbocycles. The first-order chi connectivity index (χ1) is 11.7. The van der Waals surface area contributed by atoms with Gasteiger partial charge in [-0.25, -0.2) is 17.6 Å². The van der Waals surface area contributed by atoms with Crippen LogP contribution in [0.15, 0.2) is 24.3 Å². The molecule has 0 saturated heterocycles. The molecule has 0 spiro atoms. The summed E-state index contributed by atoms with van der Waals surface area (Å²) >= 11 is 11.0. The van der Waals surface area contributed by atoms with E-state index in [4.69, 9.17) is 23.2 Å². The van der Waals surface area contributed by atoms with Gasteiger partial charge in [0.15, 0.2) is 0 Å². The van der Waals surface area contributed by atoms with E-state index in [0.717, 1.165) is 30.7 Å². The van der Waals surface area contributed by atoms with E-state index in [1.807, 2.05) is 20.8 Å². The van der Waals surface area contributed by atoms with Crippen molar-refractivity contribution in [3.63, 3.8) is 0 Å². The van der Waals surface area contributed by atoms with Gasteiger partial charge in [-0.2, -0.15) is 0 Å². The Morgan fingerprint density at radius 3 is 1.84 bits per heavy atom. The average Bonchev–Trinajstić information content (AvgIpc) is 2.52. The minimum Gasteiger partial charge on any atom is -0.207 e. The van der Waals surface area contributed by atoms with Crippen LogP contribution in [0.5, 0.6) is 0 Å². The van der Waals surface area contributed by atoms with Crippen molar-refractivity contribution in [2.24, 2.45) is 5.92 Å². The van der Waals surface area contributed by atoms with Gasteiger partial charge in [0.05, 0.1) is 5.02 Å². The van der Waals surface area contributed by atoms with Crippen molar-refractivity contribution in [2.45, 2.75) is 40.0 Å². The molecule has 0 aliphatic rings. The molecule has 0 aliphatic carbocycles. The standard InChI is InChI=1S/C10H11ClF2.C9H9ClF2/c1-6(2)3-8-9(12)4-7(11)5-10(8)13;1-2-3-6-7(11)4-5-8(12)9(6)10/h4-6H,3H2,1-2H3;4-5H,2-3H2,1H3. The molecule has 0 amide bonds. The highest BCUT2D eigenvalue weighted by Gasteiger charge is 2.12. The molecule has 0 N–H and O–H groups in total. The first-order valence-corrected chi connectivity index (χ1v) is 8.68. The second-order valence-corrected chi connectivity index (χ2v) is 6.83. The smallest absolute Gasteiger partial charge is 0.142 e. The van der Waals surface area contributed by atoms with E-state index in [1.54, 1.807) is 0 Å². The van der Waals surface area contributed by atoms with E-state index in [0.29, 0.717) is 12.8 Å².